The molecule has 150 valence electrons. The molecule has 0 N–H and O–H groups in total. The molecule has 0 saturated carbocycles. The molecule has 1 fully saturated rings. The Balaban J connectivity index is 1.38. The SMILES string of the molecule is COc1ccc(Cn2cc(C(=O)N3CCCN(c4ncccn4)CC3)nn2)cc1. The predicted molar refractivity (Wildman–Crippen MR) is 107 cm³/mol. The van der Waals surface area contributed by atoms with Crippen LogP contribution < -0.4 is 9.64 Å². The molecular weight excluding hydrogens is 370 g/mol. The minimum atomic E-state index is -0.0955. The van der Waals surface area contributed by atoms with Crippen molar-refractivity contribution in [1.82, 2.24) is 29.9 Å². The van der Waals surface area contributed by atoms with Crippen molar-refractivity contribution in [2.45, 2.75) is 13.0 Å². The van der Waals surface area contributed by atoms with Crippen LogP contribution in [-0.4, -0.2) is 69.1 Å². The summed E-state index contributed by atoms with van der Waals surface area (Å²) in [4.78, 5) is 25.4. The molecule has 3 aromatic rings. The molecule has 3 heterocycles. The number of methoxy groups -OCH3 is 1. The van der Waals surface area contributed by atoms with Gasteiger partial charge in [0, 0.05) is 38.6 Å². The Bertz CT molecular complexity index is 943. The number of aromatic nitrogens is 5. The van der Waals surface area contributed by atoms with Crippen molar-refractivity contribution in [3.8, 4) is 5.75 Å². The summed E-state index contributed by atoms with van der Waals surface area (Å²) in [5, 5.41) is 8.20. The average Bonchev–Trinajstić information content (AvgIpc) is 3.09. The lowest BCUT2D eigenvalue weighted by Gasteiger charge is -2.21. The van der Waals surface area contributed by atoms with E-state index in [1.54, 1.807) is 36.4 Å². The van der Waals surface area contributed by atoms with E-state index < -0.39 is 0 Å². The minimum absolute atomic E-state index is 0.0955. The third-order valence-corrected chi connectivity index (χ3v) is 4.88. The van der Waals surface area contributed by atoms with E-state index in [9.17, 15) is 4.79 Å². The lowest BCUT2D eigenvalue weighted by Crippen LogP contribution is -2.35. The summed E-state index contributed by atoms with van der Waals surface area (Å²) in [5.41, 5.74) is 1.42. The highest BCUT2D eigenvalue weighted by Crippen LogP contribution is 2.14. The maximum atomic E-state index is 12.9. The third kappa shape index (κ3) is 4.50. The van der Waals surface area contributed by atoms with Crippen LogP contribution in [0.1, 0.15) is 22.5 Å². The summed E-state index contributed by atoms with van der Waals surface area (Å²) in [5.74, 6) is 1.41. The largest absolute Gasteiger partial charge is 0.497 e. The summed E-state index contributed by atoms with van der Waals surface area (Å²) < 4.78 is 6.85. The normalized spacial score (nSPS) is 14.5. The number of nitrogens with zero attached hydrogens (tertiary/aromatic N) is 7. The number of carbonyl (C=O) groups is 1. The van der Waals surface area contributed by atoms with E-state index in [1.807, 2.05) is 29.2 Å². The van der Waals surface area contributed by atoms with Gasteiger partial charge in [0.2, 0.25) is 5.95 Å². The quantitative estimate of drug-likeness (QED) is 0.649. The van der Waals surface area contributed by atoms with Crippen LogP contribution >= 0.6 is 0 Å². The first-order valence-electron chi connectivity index (χ1n) is 9.57. The van der Waals surface area contributed by atoms with Gasteiger partial charge in [-0.1, -0.05) is 17.3 Å². The second kappa shape index (κ2) is 8.68. The van der Waals surface area contributed by atoms with Crippen LogP contribution in [0.25, 0.3) is 0 Å². The molecule has 1 aliphatic heterocycles. The summed E-state index contributed by atoms with van der Waals surface area (Å²) in [7, 11) is 1.64. The maximum Gasteiger partial charge on any atom is 0.276 e. The molecule has 9 nitrogen and oxygen atoms in total. The molecule has 0 radical (unpaired) electrons. The summed E-state index contributed by atoms with van der Waals surface area (Å²) in [6.07, 6.45) is 6.02. The first-order valence-corrected chi connectivity index (χ1v) is 9.57. The van der Waals surface area contributed by atoms with Gasteiger partial charge < -0.3 is 14.5 Å². The van der Waals surface area contributed by atoms with Gasteiger partial charge >= 0.3 is 0 Å². The molecule has 0 unspecified atom stereocenters. The second-order valence-electron chi connectivity index (χ2n) is 6.83. The van der Waals surface area contributed by atoms with Gasteiger partial charge in [-0.2, -0.15) is 0 Å². The molecular formula is C20H23N7O2. The number of ether oxygens (including phenoxy) is 1. The first kappa shape index (κ1) is 18.9. The van der Waals surface area contributed by atoms with Crippen LogP contribution in [0.4, 0.5) is 5.95 Å². The number of rotatable bonds is 5. The molecule has 0 bridgehead atoms. The van der Waals surface area contributed by atoms with Crippen molar-refractivity contribution in [2.75, 3.05) is 38.2 Å². The molecule has 0 aliphatic carbocycles. The fourth-order valence-corrected chi connectivity index (χ4v) is 3.33. The molecule has 29 heavy (non-hydrogen) atoms. The monoisotopic (exact) mass is 393 g/mol. The van der Waals surface area contributed by atoms with Gasteiger partial charge in [-0.15, -0.1) is 5.10 Å². The highest BCUT2D eigenvalue weighted by molar-refractivity contribution is 5.92. The summed E-state index contributed by atoms with van der Waals surface area (Å²) >= 11 is 0. The molecule has 0 spiro atoms. The standard InChI is InChI=1S/C20H23N7O2/c1-29-17-6-4-16(5-7-17)14-27-15-18(23-24-27)19(28)25-10-3-11-26(13-12-25)20-21-8-2-9-22-20/h2,4-9,15H,3,10-14H2,1H3. The topological polar surface area (TPSA) is 89.3 Å². The van der Waals surface area contributed by atoms with E-state index in [1.165, 1.54) is 0 Å². The Kier molecular flexibility index (Phi) is 5.64. The molecule has 1 saturated heterocycles. The van der Waals surface area contributed by atoms with E-state index in [2.05, 4.69) is 25.2 Å². The number of hydrogen-bond acceptors (Lipinski definition) is 7. The Morgan fingerprint density at radius 2 is 1.86 bits per heavy atom. The van der Waals surface area contributed by atoms with Crippen LogP contribution in [0.5, 0.6) is 5.75 Å². The van der Waals surface area contributed by atoms with Gasteiger partial charge in [0.05, 0.1) is 19.9 Å². The van der Waals surface area contributed by atoms with Crippen LogP contribution in [0.3, 0.4) is 0 Å². The highest BCUT2D eigenvalue weighted by Gasteiger charge is 2.23. The predicted octanol–water partition coefficient (Wildman–Crippen LogP) is 1.48. The van der Waals surface area contributed by atoms with E-state index in [0.717, 1.165) is 24.3 Å². The lowest BCUT2D eigenvalue weighted by molar-refractivity contribution is 0.0761. The maximum absolute atomic E-state index is 12.9. The zero-order valence-electron chi connectivity index (χ0n) is 16.3. The van der Waals surface area contributed by atoms with E-state index in [0.29, 0.717) is 37.8 Å². The van der Waals surface area contributed by atoms with E-state index >= 15 is 0 Å². The van der Waals surface area contributed by atoms with Crippen LogP contribution in [0.2, 0.25) is 0 Å². The van der Waals surface area contributed by atoms with E-state index in [-0.39, 0.29) is 5.91 Å². The van der Waals surface area contributed by atoms with Gasteiger partial charge in [-0.25, -0.2) is 14.6 Å². The number of carbonyl (C=O) groups excluding carboxylic acids is 1. The fraction of sp³-hybridized carbons (Fsp3) is 0.350. The number of hydrogen-bond donors (Lipinski definition) is 0. The zero-order valence-corrected chi connectivity index (χ0v) is 16.3. The zero-order chi connectivity index (χ0) is 20.1. The Morgan fingerprint density at radius 3 is 2.62 bits per heavy atom. The molecule has 2 aromatic heterocycles. The van der Waals surface area contributed by atoms with Gasteiger partial charge in [0.15, 0.2) is 5.69 Å². The van der Waals surface area contributed by atoms with Crippen molar-refractivity contribution in [3.05, 3.63) is 60.2 Å². The highest BCUT2D eigenvalue weighted by atomic mass is 16.5. The average molecular weight is 393 g/mol. The van der Waals surface area contributed by atoms with Crippen molar-refractivity contribution in [1.29, 1.82) is 0 Å². The molecule has 0 atom stereocenters. The fourth-order valence-electron chi connectivity index (χ4n) is 3.33. The number of amides is 1. The van der Waals surface area contributed by atoms with Gasteiger partial charge in [0.1, 0.15) is 5.75 Å². The summed E-state index contributed by atoms with van der Waals surface area (Å²) in [6.45, 7) is 3.33. The molecule has 1 aliphatic rings. The first-order chi connectivity index (χ1) is 14.2. The van der Waals surface area contributed by atoms with Crippen LogP contribution in [-0.2, 0) is 6.54 Å². The molecule has 9 heteroatoms. The van der Waals surface area contributed by atoms with Gasteiger partial charge in [-0.3, -0.25) is 4.79 Å². The Labute approximate surface area is 168 Å². The lowest BCUT2D eigenvalue weighted by atomic mass is 10.2. The van der Waals surface area contributed by atoms with Crippen molar-refractivity contribution >= 4 is 11.9 Å². The third-order valence-electron chi connectivity index (χ3n) is 4.88. The second-order valence-corrected chi connectivity index (χ2v) is 6.83. The smallest absolute Gasteiger partial charge is 0.276 e. The summed E-state index contributed by atoms with van der Waals surface area (Å²) in [6, 6.07) is 9.54. The Hall–Kier alpha value is -3.49. The van der Waals surface area contributed by atoms with Crippen molar-refractivity contribution in [3.63, 3.8) is 0 Å². The van der Waals surface area contributed by atoms with Crippen molar-refractivity contribution in [2.24, 2.45) is 0 Å². The van der Waals surface area contributed by atoms with Crippen LogP contribution in [0.15, 0.2) is 48.9 Å². The van der Waals surface area contributed by atoms with Gasteiger partial charge in [-0.05, 0) is 30.2 Å². The van der Waals surface area contributed by atoms with E-state index in [4.69, 9.17) is 4.74 Å². The molecule has 1 amide bonds. The minimum Gasteiger partial charge on any atom is -0.497 e. The number of anilines is 1. The van der Waals surface area contributed by atoms with Crippen LogP contribution in [0, 0.1) is 0 Å². The molecule has 4 rings (SSSR count). The number of benzene rings is 1. The van der Waals surface area contributed by atoms with Crippen molar-refractivity contribution < 1.29 is 9.53 Å². The van der Waals surface area contributed by atoms with Gasteiger partial charge in [0.25, 0.3) is 5.91 Å². The molecule has 1 aromatic carbocycles. The Morgan fingerprint density at radius 1 is 1.07 bits per heavy atom.